The van der Waals surface area contributed by atoms with Gasteiger partial charge in [-0.3, -0.25) is 9.59 Å². The summed E-state index contributed by atoms with van der Waals surface area (Å²) in [5, 5.41) is 14.2. The SMILES string of the molecule is CC1=NN(CCC(C)C)C(=O)[C@H]1CC(=O)O. The molecule has 1 aliphatic rings. The van der Waals surface area contributed by atoms with Gasteiger partial charge >= 0.3 is 5.97 Å². The summed E-state index contributed by atoms with van der Waals surface area (Å²) in [5.41, 5.74) is 0.608. The number of carbonyl (C=O) groups is 2. The number of hydrazone groups is 1. The maximum atomic E-state index is 11.8. The van der Waals surface area contributed by atoms with Crippen LogP contribution in [0.15, 0.2) is 5.10 Å². The van der Waals surface area contributed by atoms with E-state index in [9.17, 15) is 9.59 Å². The summed E-state index contributed by atoms with van der Waals surface area (Å²) in [4.78, 5) is 22.4. The van der Waals surface area contributed by atoms with Crippen molar-refractivity contribution >= 4 is 17.6 Å². The van der Waals surface area contributed by atoms with Gasteiger partial charge in [0.05, 0.1) is 12.3 Å². The smallest absolute Gasteiger partial charge is 0.304 e. The Morgan fingerprint density at radius 1 is 1.56 bits per heavy atom. The predicted molar refractivity (Wildman–Crippen MR) is 60.0 cm³/mol. The highest BCUT2D eigenvalue weighted by Crippen LogP contribution is 2.19. The topological polar surface area (TPSA) is 70.0 Å². The third kappa shape index (κ3) is 3.05. The molecule has 1 heterocycles. The van der Waals surface area contributed by atoms with Gasteiger partial charge in [-0.1, -0.05) is 13.8 Å². The van der Waals surface area contributed by atoms with Crippen molar-refractivity contribution in [3.05, 3.63) is 0 Å². The zero-order valence-corrected chi connectivity index (χ0v) is 9.93. The van der Waals surface area contributed by atoms with E-state index in [1.807, 2.05) is 0 Å². The van der Waals surface area contributed by atoms with Gasteiger partial charge in [0.25, 0.3) is 5.91 Å². The molecule has 90 valence electrons. The maximum Gasteiger partial charge on any atom is 0.304 e. The lowest BCUT2D eigenvalue weighted by Gasteiger charge is -2.14. The van der Waals surface area contributed by atoms with E-state index in [0.717, 1.165) is 6.42 Å². The summed E-state index contributed by atoms with van der Waals surface area (Å²) in [5.74, 6) is -1.20. The van der Waals surface area contributed by atoms with Crippen molar-refractivity contribution in [1.82, 2.24) is 5.01 Å². The van der Waals surface area contributed by atoms with Crippen LogP contribution in [0.2, 0.25) is 0 Å². The lowest BCUT2D eigenvalue weighted by atomic mass is 10.0. The normalized spacial score (nSPS) is 20.5. The number of amides is 1. The quantitative estimate of drug-likeness (QED) is 0.769. The number of carboxylic acid groups (broad SMARTS) is 1. The fourth-order valence-electron chi connectivity index (χ4n) is 1.62. The average Bonchev–Trinajstić information content (AvgIpc) is 2.42. The molecule has 0 aromatic heterocycles. The molecule has 1 rings (SSSR count). The molecule has 0 spiro atoms. The largest absolute Gasteiger partial charge is 0.481 e. The van der Waals surface area contributed by atoms with Gasteiger partial charge in [-0.25, -0.2) is 5.01 Å². The third-order valence-electron chi connectivity index (χ3n) is 2.63. The molecule has 5 heteroatoms. The summed E-state index contributed by atoms with van der Waals surface area (Å²) in [6.07, 6.45) is 0.717. The van der Waals surface area contributed by atoms with E-state index in [4.69, 9.17) is 5.11 Å². The van der Waals surface area contributed by atoms with E-state index >= 15 is 0 Å². The number of hydrogen-bond donors (Lipinski definition) is 1. The van der Waals surface area contributed by atoms with Crippen LogP contribution < -0.4 is 0 Å². The third-order valence-corrected chi connectivity index (χ3v) is 2.63. The van der Waals surface area contributed by atoms with Crippen LogP contribution in [0, 0.1) is 11.8 Å². The number of nitrogens with zero attached hydrogens (tertiary/aromatic N) is 2. The predicted octanol–water partition coefficient (Wildman–Crippen LogP) is 1.34. The van der Waals surface area contributed by atoms with Crippen molar-refractivity contribution < 1.29 is 14.7 Å². The Kier molecular flexibility index (Phi) is 4.04. The second-order valence-electron chi connectivity index (χ2n) is 4.54. The molecule has 1 amide bonds. The summed E-state index contributed by atoms with van der Waals surface area (Å²) in [6, 6.07) is 0. The molecule has 0 fully saturated rings. The Bertz CT molecular complexity index is 323. The number of rotatable bonds is 5. The van der Waals surface area contributed by atoms with E-state index in [0.29, 0.717) is 18.2 Å². The van der Waals surface area contributed by atoms with E-state index in [2.05, 4.69) is 18.9 Å². The van der Waals surface area contributed by atoms with Gasteiger partial charge in [0.1, 0.15) is 0 Å². The van der Waals surface area contributed by atoms with Gasteiger partial charge in [0, 0.05) is 12.3 Å². The zero-order valence-electron chi connectivity index (χ0n) is 9.93. The van der Waals surface area contributed by atoms with Crippen LogP contribution in [0.25, 0.3) is 0 Å². The van der Waals surface area contributed by atoms with E-state index in [1.165, 1.54) is 5.01 Å². The Balaban J connectivity index is 2.59. The molecule has 0 radical (unpaired) electrons. The van der Waals surface area contributed by atoms with Crippen molar-refractivity contribution in [3.8, 4) is 0 Å². The molecule has 16 heavy (non-hydrogen) atoms. The minimum Gasteiger partial charge on any atom is -0.481 e. The molecule has 1 atom stereocenters. The summed E-state index contributed by atoms with van der Waals surface area (Å²) >= 11 is 0. The van der Waals surface area contributed by atoms with Gasteiger partial charge < -0.3 is 5.11 Å². The molecule has 0 aromatic rings. The van der Waals surface area contributed by atoms with Crippen molar-refractivity contribution in [2.75, 3.05) is 6.54 Å². The Labute approximate surface area is 95.1 Å². The number of hydrogen-bond acceptors (Lipinski definition) is 3. The van der Waals surface area contributed by atoms with Crippen LogP contribution in [0.1, 0.15) is 33.6 Å². The second-order valence-corrected chi connectivity index (χ2v) is 4.54. The molecule has 0 aromatic carbocycles. The Hall–Kier alpha value is -1.39. The first-order valence-corrected chi connectivity index (χ1v) is 5.50. The van der Waals surface area contributed by atoms with E-state index in [-0.39, 0.29) is 12.3 Å². The van der Waals surface area contributed by atoms with Crippen molar-refractivity contribution in [1.29, 1.82) is 0 Å². The van der Waals surface area contributed by atoms with Crippen LogP contribution in [-0.4, -0.2) is 34.2 Å². The highest BCUT2D eigenvalue weighted by atomic mass is 16.4. The summed E-state index contributed by atoms with van der Waals surface area (Å²) in [6.45, 7) is 6.43. The van der Waals surface area contributed by atoms with E-state index < -0.39 is 11.9 Å². The number of aliphatic carboxylic acids is 1. The van der Waals surface area contributed by atoms with Crippen LogP contribution in [0.5, 0.6) is 0 Å². The summed E-state index contributed by atoms with van der Waals surface area (Å²) in [7, 11) is 0. The highest BCUT2D eigenvalue weighted by molar-refractivity contribution is 6.08. The van der Waals surface area contributed by atoms with Gasteiger partial charge in [-0.15, -0.1) is 0 Å². The van der Waals surface area contributed by atoms with Gasteiger partial charge in [-0.05, 0) is 19.3 Å². The Morgan fingerprint density at radius 2 is 2.19 bits per heavy atom. The van der Waals surface area contributed by atoms with Gasteiger partial charge in [0.2, 0.25) is 0 Å². The molecule has 5 nitrogen and oxygen atoms in total. The van der Waals surface area contributed by atoms with Crippen LogP contribution in [-0.2, 0) is 9.59 Å². The fraction of sp³-hybridized carbons (Fsp3) is 0.727. The highest BCUT2D eigenvalue weighted by Gasteiger charge is 2.34. The average molecular weight is 226 g/mol. The van der Waals surface area contributed by atoms with E-state index in [1.54, 1.807) is 6.92 Å². The number of carbonyl (C=O) groups excluding carboxylic acids is 1. The molecule has 0 unspecified atom stereocenters. The van der Waals surface area contributed by atoms with Crippen LogP contribution in [0.3, 0.4) is 0 Å². The van der Waals surface area contributed by atoms with Crippen molar-refractivity contribution in [2.45, 2.75) is 33.6 Å². The molecule has 1 N–H and O–H groups in total. The van der Waals surface area contributed by atoms with Crippen LogP contribution >= 0.6 is 0 Å². The molecule has 0 saturated heterocycles. The van der Waals surface area contributed by atoms with Gasteiger partial charge in [-0.2, -0.15) is 5.10 Å². The zero-order chi connectivity index (χ0) is 12.3. The van der Waals surface area contributed by atoms with Crippen LogP contribution in [0.4, 0.5) is 0 Å². The Morgan fingerprint density at radius 3 is 2.69 bits per heavy atom. The first kappa shape index (κ1) is 12.7. The first-order chi connectivity index (χ1) is 7.41. The van der Waals surface area contributed by atoms with Gasteiger partial charge in [0.15, 0.2) is 0 Å². The lowest BCUT2D eigenvalue weighted by Crippen LogP contribution is -2.30. The minimum absolute atomic E-state index is 0.160. The molecular weight excluding hydrogens is 208 g/mol. The molecule has 0 bridgehead atoms. The standard InChI is InChI=1S/C11H18N2O3/c1-7(2)4-5-13-11(16)9(6-10(14)15)8(3)12-13/h7,9H,4-6H2,1-3H3,(H,14,15)/t9-/m0/s1. The molecular formula is C11H18N2O3. The lowest BCUT2D eigenvalue weighted by molar-refractivity contribution is -0.141. The molecule has 0 saturated carbocycles. The monoisotopic (exact) mass is 226 g/mol. The fourth-order valence-corrected chi connectivity index (χ4v) is 1.62. The van der Waals surface area contributed by atoms with Crippen molar-refractivity contribution in [2.24, 2.45) is 16.9 Å². The summed E-state index contributed by atoms with van der Waals surface area (Å²) < 4.78 is 0. The second kappa shape index (κ2) is 5.09. The number of carboxylic acids is 1. The minimum atomic E-state index is -0.960. The molecule has 0 aliphatic carbocycles. The molecule has 1 aliphatic heterocycles. The first-order valence-electron chi connectivity index (χ1n) is 5.50. The van der Waals surface area contributed by atoms with Crippen molar-refractivity contribution in [3.63, 3.8) is 0 Å². The maximum absolute atomic E-state index is 11.8.